The lowest BCUT2D eigenvalue weighted by Crippen LogP contribution is -2.64. The molecule has 21 heavy (non-hydrogen) atoms. The van der Waals surface area contributed by atoms with Crippen LogP contribution >= 0.6 is 23.1 Å². The maximum absolute atomic E-state index is 12.1. The minimum Gasteiger partial charge on any atom is -0.543 e. The number of aliphatic hydroxyl groups excluding tert-OH is 1. The topological polar surface area (TPSA) is 93.6 Å². The standard InChI is InChI=1S/C13H14N2O4S2/c1-5-8-7(6(2)16)11(17)15(8)9(12(18)19)10(5)21-13-14-3-4-20-13/h3-8,16H,1-2H3,(H,18,19)/p-1/t5-,6-,7-,8-/m1/s1. The first-order valence-electron chi connectivity index (χ1n) is 6.47. The molecular formula is C13H13N2O4S2-. The number of amides is 1. The zero-order chi connectivity index (χ0) is 15.3. The summed E-state index contributed by atoms with van der Waals surface area (Å²) >= 11 is 2.66. The Kier molecular flexibility index (Phi) is 3.54. The van der Waals surface area contributed by atoms with Crippen LogP contribution in [0.15, 0.2) is 26.5 Å². The third-order valence-corrected chi connectivity index (χ3v) is 6.08. The number of thiazole rings is 1. The molecule has 3 heterocycles. The number of aliphatic hydroxyl groups is 1. The summed E-state index contributed by atoms with van der Waals surface area (Å²) in [6.45, 7) is 3.42. The van der Waals surface area contributed by atoms with Crippen molar-refractivity contribution in [1.29, 1.82) is 0 Å². The smallest absolute Gasteiger partial charge is 0.235 e. The first kappa shape index (κ1) is 14.6. The van der Waals surface area contributed by atoms with Crippen LogP contribution in [-0.4, -0.2) is 39.0 Å². The second-order valence-electron chi connectivity index (χ2n) is 5.15. The Labute approximate surface area is 129 Å². The molecule has 8 heteroatoms. The highest BCUT2D eigenvalue weighted by atomic mass is 32.2. The van der Waals surface area contributed by atoms with Crippen LogP contribution in [0.3, 0.4) is 0 Å². The molecule has 3 rings (SSSR count). The van der Waals surface area contributed by atoms with Crippen molar-refractivity contribution < 1.29 is 19.8 Å². The number of nitrogens with zero attached hydrogens (tertiary/aromatic N) is 2. The van der Waals surface area contributed by atoms with Crippen LogP contribution in [0.1, 0.15) is 13.8 Å². The molecular weight excluding hydrogens is 312 g/mol. The molecule has 6 nitrogen and oxygen atoms in total. The molecule has 2 aliphatic rings. The molecule has 0 saturated carbocycles. The fraction of sp³-hybridized carbons (Fsp3) is 0.462. The first-order valence-corrected chi connectivity index (χ1v) is 8.17. The van der Waals surface area contributed by atoms with E-state index < -0.39 is 18.0 Å². The van der Waals surface area contributed by atoms with E-state index >= 15 is 0 Å². The Morgan fingerprint density at radius 1 is 1.62 bits per heavy atom. The number of β-lactam (4-membered cyclic amide) rings is 1. The van der Waals surface area contributed by atoms with Crippen molar-refractivity contribution in [2.45, 2.75) is 30.3 Å². The van der Waals surface area contributed by atoms with E-state index in [9.17, 15) is 19.8 Å². The van der Waals surface area contributed by atoms with E-state index in [-0.39, 0.29) is 23.6 Å². The van der Waals surface area contributed by atoms with Gasteiger partial charge in [0.15, 0.2) is 4.34 Å². The van der Waals surface area contributed by atoms with E-state index in [1.807, 2.05) is 6.92 Å². The fourth-order valence-corrected chi connectivity index (χ4v) is 4.90. The number of aliphatic carboxylic acids is 1. The van der Waals surface area contributed by atoms with Crippen molar-refractivity contribution in [3.63, 3.8) is 0 Å². The number of carbonyl (C=O) groups excluding carboxylic acids is 2. The van der Waals surface area contributed by atoms with E-state index in [0.717, 1.165) is 4.34 Å². The Balaban J connectivity index is 1.97. The van der Waals surface area contributed by atoms with Crippen molar-refractivity contribution in [3.05, 3.63) is 22.2 Å². The van der Waals surface area contributed by atoms with Gasteiger partial charge < -0.3 is 19.9 Å². The third-order valence-electron chi connectivity index (χ3n) is 3.91. The van der Waals surface area contributed by atoms with Gasteiger partial charge in [-0.05, 0) is 6.92 Å². The number of hydrogen-bond acceptors (Lipinski definition) is 7. The van der Waals surface area contributed by atoms with Crippen molar-refractivity contribution >= 4 is 35.0 Å². The third kappa shape index (κ3) is 2.09. The molecule has 0 spiro atoms. The number of carboxylic acid groups (broad SMARTS) is 1. The number of thioether (sulfide) groups is 1. The molecule has 4 atom stereocenters. The number of carbonyl (C=O) groups is 2. The quantitative estimate of drug-likeness (QED) is 0.787. The lowest BCUT2D eigenvalue weighted by Gasteiger charge is -2.47. The summed E-state index contributed by atoms with van der Waals surface area (Å²) in [7, 11) is 0. The second-order valence-corrected chi connectivity index (χ2v) is 7.34. The Morgan fingerprint density at radius 3 is 2.86 bits per heavy atom. The van der Waals surface area contributed by atoms with Crippen LogP contribution in [-0.2, 0) is 9.59 Å². The van der Waals surface area contributed by atoms with Crippen molar-refractivity contribution in [3.8, 4) is 0 Å². The predicted octanol–water partition coefficient (Wildman–Crippen LogP) is 0.0542. The Morgan fingerprint density at radius 2 is 2.33 bits per heavy atom. The highest BCUT2D eigenvalue weighted by molar-refractivity contribution is 8.04. The van der Waals surface area contributed by atoms with E-state index in [1.165, 1.54) is 28.0 Å². The molecule has 1 aromatic heterocycles. The lowest BCUT2D eigenvalue weighted by molar-refractivity contribution is -0.301. The Bertz CT molecular complexity index is 626. The minimum absolute atomic E-state index is 0.0744. The average Bonchev–Trinajstić information content (AvgIpc) is 2.97. The van der Waals surface area contributed by atoms with E-state index in [4.69, 9.17) is 0 Å². The summed E-state index contributed by atoms with van der Waals surface area (Å²) in [5.41, 5.74) is -0.0744. The summed E-state index contributed by atoms with van der Waals surface area (Å²) in [4.78, 5) is 29.5. The average molecular weight is 325 g/mol. The molecule has 0 radical (unpaired) electrons. The van der Waals surface area contributed by atoms with E-state index in [0.29, 0.717) is 4.91 Å². The molecule has 0 bridgehead atoms. The highest BCUT2D eigenvalue weighted by Crippen LogP contribution is 2.51. The van der Waals surface area contributed by atoms with Crippen LogP contribution in [0.5, 0.6) is 0 Å². The zero-order valence-electron chi connectivity index (χ0n) is 11.3. The Hall–Kier alpha value is -1.38. The van der Waals surface area contributed by atoms with Gasteiger partial charge in [-0.3, -0.25) is 4.79 Å². The summed E-state index contributed by atoms with van der Waals surface area (Å²) in [6, 6.07) is -0.312. The fourth-order valence-electron chi connectivity index (χ4n) is 3.00. The number of aromatic nitrogens is 1. The highest BCUT2D eigenvalue weighted by Gasteiger charge is 2.58. The minimum atomic E-state index is -1.36. The van der Waals surface area contributed by atoms with Crippen molar-refractivity contribution in [1.82, 2.24) is 9.88 Å². The summed E-state index contributed by atoms with van der Waals surface area (Å²) in [5.74, 6) is -2.43. The van der Waals surface area contributed by atoms with Gasteiger partial charge in [0, 0.05) is 22.4 Å². The summed E-state index contributed by atoms with van der Waals surface area (Å²) in [5, 5.41) is 23.0. The van der Waals surface area contributed by atoms with Crippen LogP contribution < -0.4 is 5.11 Å². The first-order chi connectivity index (χ1) is 9.93. The lowest BCUT2D eigenvalue weighted by atomic mass is 9.79. The van der Waals surface area contributed by atoms with Gasteiger partial charge in [0.25, 0.3) is 0 Å². The summed E-state index contributed by atoms with van der Waals surface area (Å²) < 4.78 is 0.721. The van der Waals surface area contributed by atoms with Crippen LogP contribution in [0, 0.1) is 11.8 Å². The summed E-state index contributed by atoms with van der Waals surface area (Å²) in [6.07, 6.45) is 0.846. The molecule has 112 valence electrons. The molecule has 1 amide bonds. The maximum atomic E-state index is 12.1. The van der Waals surface area contributed by atoms with E-state index in [1.54, 1.807) is 18.5 Å². The molecule has 1 fully saturated rings. The van der Waals surface area contributed by atoms with Crippen LogP contribution in [0.2, 0.25) is 0 Å². The predicted molar refractivity (Wildman–Crippen MR) is 75.0 cm³/mol. The molecule has 1 aromatic rings. The molecule has 0 unspecified atom stereocenters. The van der Waals surface area contributed by atoms with Gasteiger partial charge in [-0.25, -0.2) is 4.98 Å². The van der Waals surface area contributed by atoms with Gasteiger partial charge in [-0.1, -0.05) is 18.7 Å². The monoisotopic (exact) mass is 325 g/mol. The maximum Gasteiger partial charge on any atom is 0.235 e. The molecule has 2 aliphatic heterocycles. The van der Waals surface area contributed by atoms with Gasteiger partial charge in [0.05, 0.1) is 29.7 Å². The number of fused-ring (bicyclic) bond motifs is 1. The number of hydrogen-bond donors (Lipinski definition) is 1. The zero-order valence-corrected chi connectivity index (χ0v) is 13.0. The van der Waals surface area contributed by atoms with Crippen LogP contribution in [0.25, 0.3) is 0 Å². The molecule has 0 aromatic carbocycles. The van der Waals surface area contributed by atoms with Crippen LogP contribution in [0.4, 0.5) is 0 Å². The van der Waals surface area contributed by atoms with Crippen molar-refractivity contribution in [2.75, 3.05) is 0 Å². The van der Waals surface area contributed by atoms with Gasteiger partial charge in [-0.2, -0.15) is 0 Å². The SMILES string of the molecule is C[C@@H](O)[C@H]1C(=O)N2C(C(=O)[O-])=C(Sc3nccs3)[C@H](C)[C@H]12. The number of rotatable bonds is 4. The van der Waals surface area contributed by atoms with Gasteiger partial charge >= 0.3 is 0 Å². The largest absolute Gasteiger partial charge is 0.543 e. The number of carboxylic acids is 1. The van der Waals surface area contributed by atoms with E-state index in [2.05, 4.69) is 4.98 Å². The van der Waals surface area contributed by atoms with Gasteiger partial charge in [-0.15, -0.1) is 11.3 Å². The van der Waals surface area contributed by atoms with Gasteiger partial charge in [0.1, 0.15) is 0 Å². The van der Waals surface area contributed by atoms with Crippen molar-refractivity contribution in [2.24, 2.45) is 11.8 Å². The molecule has 1 saturated heterocycles. The normalized spacial score (nSPS) is 29.4. The molecule has 0 aliphatic carbocycles. The molecule has 1 N–H and O–H groups in total. The second kappa shape index (κ2) is 5.11. The van der Waals surface area contributed by atoms with Gasteiger partial charge in [0.2, 0.25) is 5.91 Å².